The van der Waals surface area contributed by atoms with Crippen molar-refractivity contribution >= 4 is 16.9 Å². The van der Waals surface area contributed by atoms with E-state index in [1.54, 1.807) is 6.07 Å². The molecule has 2 atom stereocenters. The first-order chi connectivity index (χ1) is 16.0. The van der Waals surface area contributed by atoms with Crippen LogP contribution in [0.4, 0.5) is 0 Å². The van der Waals surface area contributed by atoms with Crippen molar-refractivity contribution in [3.05, 3.63) is 39.7 Å². The van der Waals surface area contributed by atoms with Crippen LogP contribution in [-0.2, 0) is 11.2 Å². The Balaban J connectivity index is 1.40. The number of rotatable bonds is 8. The summed E-state index contributed by atoms with van der Waals surface area (Å²) in [6.45, 7) is 7.22. The van der Waals surface area contributed by atoms with Crippen LogP contribution in [-0.4, -0.2) is 55.0 Å². The summed E-state index contributed by atoms with van der Waals surface area (Å²) in [6.07, 6.45) is 9.22. The van der Waals surface area contributed by atoms with E-state index in [1.807, 2.05) is 31.0 Å². The predicted molar refractivity (Wildman–Crippen MR) is 131 cm³/mol. The molecule has 3 heterocycles. The molecule has 4 rings (SSSR count). The maximum absolute atomic E-state index is 12.9. The SMILES string of the molecule is CCCCc1cc(=O)oc2c(C)c(OCC(=O)N(C)CC3CCCN4CCCCC34)ccc12. The zero-order valence-electron chi connectivity index (χ0n) is 20.4. The molecule has 1 aromatic heterocycles. The lowest BCUT2D eigenvalue weighted by Crippen LogP contribution is -2.51. The quantitative estimate of drug-likeness (QED) is 0.548. The minimum atomic E-state index is -0.339. The summed E-state index contributed by atoms with van der Waals surface area (Å²) in [7, 11) is 1.89. The largest absolute Gasteiger partial charge is 0.483 e. The number of hydrogen-bond acceptors (Lipinski definition) is 5. The normalized spacial score (nSPS) is 21.1. The maximum atomic E-state index is 12.9. The van der Waals surface area contributed by atoms with Gasteiger partial charge in [-0.05, 0) is 82.2 Å². The van der Waals surface area contributed by atoms with Crippen LogP contribution in [0.1, 0.15) is 63.0 Å². The Kier molecular flexibility index (Phi) is 7.74. The van der Waals surface area contributed by atoms with E-state index < -0.39 is 0 Å². The summed E-state index contributed by atoms with van der Waals surface area (Å²) in [5, 5.41) is 0.950. The molecule has 2 aromatic rings. The van der Waals surface area contributed by atoms with E-state index in [0.717, 1.165) is 42.3 Å². The van der Waals surface area contributed by atoms with Crippen LogP contribution in [0.2, 0.25) is 0 Å². The van der Waals surface area contributed by atoms with Crippen molar-refractivity contribution < 1.29 is 13.9 Å². The molecule has 6 nitrogen and oxygen atoms in total. The molecule has 2 saturated heterocycles. The summed E-state index contributed by atoms with van der Waals surface area (Å²) in [5.74, 6) is 1.13. The number of aryl methyl sites for hydroxylation is 2. The van der Waals surface area contributed by atoms with Gasteiger partial charge >= 0.3 is 5.63 Å². The van der Waals surface area contributed by atoms with Gasteiger partial charge < -0.3 is 19.0 Å². The van der Waals surface area contributed by atoms with E-state index in [9.17, 15) is 9.59 Å². The Labute approximate surface area is 196 Å². The Bertz CT molecular complexity index is 1030. The summed E-state index contributed by atoms with van der Waals surface area (Å²) in [6, 6.07) is 6.05. The number of fused-ring (bicyclic) bond motifs is 2. The Morgan fingerprint density at radius 1 is 1.21 bits per heavy atom. The van der Waals surface area contributed by atoms with E-state index in [4.69, 9.17) is 9.15 Å². The third kappa shape index (κ3) is 5.43. The summed E-state index contributed by atoms with van der Waals surface area (Å²) >= 11 is 0. The zero-order valence-corrected chi connectivity index (χ0v) is 20.4. The molecule has 180 valence electrons. The lowest BCUT2D eigenvalue weighted by Gasteiger charge is -2.45. The molecule has 1 aromatic carbocycles. The molecule has 0 spiro atoms. The first-order valence-electron chi connectivity index (χ1n) is 12.6. The molecule has 0 radical (unpaired) electrons. The molecule has 33 heavy (non-hydrogen) atoms. The van der Waals surface area contributed by atoms with Crippen LogP contribution < -0.4 is 10.4 Å². The molecule has 2 aliphatic heterocycles. The van der Waals surface area contributed by atoms with Crippen molar-refractivity contribution in [2.75, 3.05) is 33.3 Å². The van der Waals surface area contributed by atoms with Gasteiger partial charge in [0.2, 0.25) is 0 Å². The van der Waals surface area contributed by atoms with Crippen LogP contribution in [0, 0.1) is 12.8 Å². The van der Waals surface area contributed by atoms with Gasteiger partial charge in [0.1, 0.15) is 11.3 Å². The van der Waals surface area contributed by atoms with Crippen LogP contribution >= 0.6 is 0 Å². The van der Waals surface area contributed by atoms with Crippen molar-refractivity contribution in [3.63, 3.8) is 0 Å². The third-order valence-corrected chi connectivity index (χ3v) is 7.51. The first-order valence-corrected chi connectivity index (χ1v) is 12.6. The van der Waals surface area contributed by atoms with Gasteiger partial charge in [0.25, 0.3) is 5.91 Å². The van der Waals surface area contributed by atoms with Crippen LogP contribution in [0.25, 0.3) is 11.0 Å². The number of unbranched alkanes of at least 4 members (excludes halogenated alkanes) is 1. The second-order valence-corrected chi connectivity index (χ2v) is 9.82. The van der Waals surface area contributed by atoms with Gasteiger partial charge in [-0.25, -0.2) is 4.79 Å². The van der Waals surface area contributed by atoms with Gasteiger partial charge in [-0.15, -0.1) is 0 Å². The van der Waals surface area contributed by atoms with E-state index in [0.29, 0.717) is 23.3 Å². The average molecular weight is 455 g/mol. The molecular formula is C27H38N2O4. The number of hydrogen-bond donors (Lipinski definition) is 0. The smallest absolute Gasteiger partial charge is 0.336 e. The maximum Gasteiger partial charge on any atom is 0.336 e. The van der Waals surface area contributed by atoms with E-state index in [2.05, 4.69) is 11.8 Å². The van der Waals surface area contributed by atoms with Crippen molar-refractivity contribution in [1.82, 2.24) is 9.80 Å². The number of carbonyl (C=O) groups excluding carboxylic acids is 1. The fourth-order valence-electron chi connectivity index (χ4n) is 5.63. The van der Waals surface area contributed by atoms with Crippen molar-refractivity contribution in [2.24, 2.45) is 5.92 Å². The Hall–Kier alpha value is -2.34. The van der Waals surface area contributed by atoms with E-state index in [1.165, 1.54) is 45.2 Å². The van der Waals surface area contributed by atoms with Crippen LogP contribution in [0.15, 0.2) is 27.4 Å². The number of ether oxygens (including phenoxy) is 1. The molecule has 6 heteroatoms. The molecule has 2 fully saturated rings. The van der Waals surface area contributed by atoms with E-state index >= 15 is 0 Å². The zero-order chi connectivity index (χ0) is 23.4. The highest BCUT2D eigenvalue weighted by Gasteiger charge is 2.34. The molecule has 0 bridgehead atoms. The lowest BCUT2D eigenvalue weighted by atomic mass is 9.83. The second-order valence-electron chi connectivity index (χ2n) is 9.82. The highest BCUT2D eigenvalue weighted by molar-refractivity contribution is 5.85. The Morgan fingerprint density at radius 2 is 2.03 bits per heavy atom. The average Bonchev–Trinajstić information content (AvgIpc) is 2.82. The first kappa shape index (κ1) is 23.8. The number of likely N-dealkylation sites (N-methyl/N-ethyl adjacent to an activating group) is 1. The van der Waals surface area contributed by atoms with Crippen molar-refractivity contribution in [2.45, 2.75) is 71.3 Å². The molecular weight excluding hydrogens is 416 g/mol. The molecule has 0 saturated carbocycles. The number of carbonyl (C=O) groups is 1. The monoisotopic (exact) mass is 454 g/mol. The molecule has 0 N–H and O–H groups in total. The fourth-order valence-corrected chi connectivity index (χ4v) is 5.63. The molecule has 1 amide bonds. The highest BCUT2D eigenvalue weighted by atomic mass is 16.5. The number of benzene rings is 1. The third-order valence-electron chi connectivity index (χ3n) is 7.51. The van der Waals surface area contributed by atoms with Crippen molar-refractivity contribution in [1.29, 1.82) is 0 Å². The number of nitrogens with zero attached hydrogens (tertiary/aromatic N) is 2. The molecule has 2 unspecified atom stereocenters. The van der Waals surface area contributed by atoms with Crippen LogP contribution in [0.3, 0.4) is 0 Å². The lowest BCUT2D eigenvalue weighted by molar-refractivity contribution is -0.133. The van der Waals surface area contributed by atoms with E-state index in [-0.39, 0.29) is 18.1 Å². The summed E-state index contributed by atoms with van der Waals surface area (Å²) in [4.78, 5) is 29.4. The van der Waals surface area contributed by atoms with Gasteiger partial charge in [0.15, 0.2) is 6.61 Å². The number of piperidine rings is 2. The summed E-state index contributed by atoms with van der Waals surface area (Å²) < 4.78 is 11.4. The number of amides is 1. The highest BCUT2D eigenvalue weighted by Crippen LogP contribution is 2.32. The van der Waals surface area contributed by atoms with Gasteiger partial charge in [-0.1, -0.05) is 19.8 Å². The molecule has 0 aliphatic carbocycles. The van der Waals surface area contributed by atoms with Crippen molar-refractivity contribution in [3.8, 4) is 5.75 Å². The second kappa shape index (κ2) is 10.7. The molecule has 2 aliphatic rings. The minimum absolute atomic E-state index is 0.0102. The topological polar surface area (TPSA) is 63.0 Å². The minimum Gasteiger partial charge on any atom is -0.483 e. The predicted octanol–water partition coefficient (Wildman–Crippen LogP) is 4.55. The van der Waals surface area contributed by atoms with Gasteiger partial charge in [0.05, 0.1) is 0 Å². The summed E-state index contributed by atoms with van der Waals surface area (Å²) in [5.41, 5.74) is 2.00. The van der Waals surface area contributed by atoms with Gasteiger partial charge in [-0.3, -0.25) is 4.79 Å². The Morgan fingerprint density at radius 3 is 2.85 bits per heavy atom. The fraction of sp³-hybridized carbons (Fsp3) is 0.630. The van der Waals surface area contributed by atoms with Crippen LogP contribution in [0.5, 0.6) is 5.75 Å². The standard InChI is InChI=1S/C27H38N2O4/c1-4-5-9-20-16-26(31)33-27-19(2)24(13-12-22(20)27)32-18-25(30)28(3)17-21-10-8-15-29-14-7-6-11-23(21)29/h12-13,16,21,23H,4-11,14-15,17-18H2,1-3H3. The van der Waals surface area contributed by atoms with Gasteiger partial charge in [0, 0.05) is 36.7 Å². The van der Waals surface area contributed by atoms with Gasteiger partial charge in [-0.2, -0.15) is 0 Å².